The fourth-order valence-corrected chi connectivity index (χ4v) is 6.48. The minimum absolute atomic E-state index is 0. The van der Waals surface area contributed by atoms with Crippen molar-refractivity contribution in [2.45, 2.75) is 37.5 Å². The molecular formula is C32H28Cl2F10Zr. The molecule has 6 unspecified atom stereocenters. The maximum absolute atomic E-state index is 13.9. The molecule has 0 aromatic heterocycles. The van der Waals surface area contributed by atoms with Crippen molar-refractivity contribution in [1.29, 1.82) is 0 Å². The Morgan fingerprint density at radius 3 is 0.956 bits per heavy atom. The minimum atomic E-state index is -2.10. The van der Waals surface area contributed by atoms with Crippen molar-refractivity contribution in [3.05, 3.63) is 133 Å². The van der Waals surface area contributed by atoms with Crippen molar-refractivity contribution < 1.29 is 64.8 Å². The molecule has 13 heteroatoms. The fourth-order valence-electron chi connectivity index (χ4n) is 6.48. The van der Waals surface area contributed by atoms with Gasteiger partial charge in [-0.15, -0.1) is 0 Å². The van der Waals surface area contributed by atoms with E-state index in [0.717, 1.165) is 0 Å². The van der Waals surface area contributed by atoms with Crippen LogP contribution in [0, 0.1) is 96.7 Å². The Kier molecular flexibility index (Phi) is 14.7. The fraction of sp³-hybridized carbons (Fsp3) is 0.312. The molecule has 0 aliphatic heterocycles. The molecule has 6 rings (SSSR count). The van der Waals surface area contributed by atoms with E-state index in [1.54, 1.807) is 24.3 Å². The summed E-state index contributed by atoms with van der Waals surface area (Å²) in [5, 5.41) is 0. The predicted octanol–water partition coefficient (Wildman–Crippen LogP) is 11.5. The third kappa shape index (κ3) is 7.67. The molecule has 0 amide bonds. The van der Waals surface area contributed by atoms with Gasteiger partial charge in [0, 0.05) is 11.1 Å². The molecule has 4 aliphatic rings. The molecule has 2 fully saturated rings. The van der Waals surface area contributed by atoms with Crippen LogP contribution in [0.5, 0.6) is 0 Å². The van der Waals surface area contributed by atoms with Crippen molar-refractivity contribution in [3.8, 4) is 0 Å². The number of benzene rings is 2. The Morgan fingerprint density at radius 2 is 0.667 bits per heavy atom. The summed E-state index contributed by atoms with van der Waals surface area (Å²) in [6, 6.07) is 0. The molecule has 2 aromatic carbocycles. The van der Waals surface area contributed by atoms with E-state index >= 15 is 0 Å². The Bertz CT molecular complexity index is 1320. The molecule has 244 valence electrons. The molecule has 45 heavy (non-hydrogen) atoms. The SMILES string of the molecule is Fc1c(F)c(F)c(C2CCC3C=CC=CC32)c(F)c1F.Fc1c(F)c(F)c(C2CCC3C=CC=CC32)c(F)c1F.[CH3-].[CH3-].[Cl][Zr+2][Cl]. The quantitative estimate of drug-likeness (QED) is 0.124. The molecule has 0 radical (unpaired) electrons. The zero-order valence-corrected chi connectivity index (χ0v) is 27.9. The number of rotatable bonds is 2. The molecule has 0 N–H and O–H groups in total. The van der Waals surface area contributed by atoms with Gasteiger partial charge in [0.05, 0.1) is 0 Å². The Balaban J connectivity index is 0.000000277. The summed E-state index contributed by atoms with van der Waals surface area (Å²) in [6.45, 7) is 0. The molecule has 0 nitrogen and oxygen atoms in total. The summed E-state index contributed by atoms with van der Waals surface area (Å²) in [4.78, 5) is 0. The van der Waals surface area contributed by atoms with Crippen molar-refractivity contribution in [3.63, 3.8) is 0 Å². The van der Waals surface area contributed by atoms with Gasteiger partial charge in [-0.1, -0.05) is 48.6 Å². The van der Waals surface area contributed by atoms with Crippen LogP contribution in [0.4, 0.5) is 43.9 Å². The first-order chi connectivity index (χ1) is 20.5. The molecular weight excluding hydrogens is 736 g/mol. The summed E-state index contributed by atoms with van der Waals surface area (Å²) < 4.78 is 135. The van der Waals surface area contributed by atoms with Crippen molar-refractivity contribution in [1.82, 2.24) is 0 Å². The van der Waals surface area contributed by atoms with Crippen molar-refractivity contribution in [2.75, 3.05) is 0 Å². The summed E-state index contributed by atoms with van der Waals surface area (Å²) in [5.41, 5.74) is -1.34. The van der Waals surface area contributed by atoms with Gasteiger partial charge in [0.15, 0.2) is 46.5 Å². The third-order valence-corrected chi connectivity index (χ3v) is 8.37. The molecule has 0 heterocycles. The predicted molar refractivity (Wildman–Crippen MR) is 151 cm³/mol. The van der Waals surface area contributed by atoms with Crippen LogP contribution < -0.4 is 0 Å². The van der Waals surface area contributed by atoms with Crippen LogP contribution in [0.25, 0.3) is 0 Å². The Morgan fingerprint density at radius 1 is 0.422 bits per heavy atom. The molecule has 2 saturated carbocycles. The summed E-state index contributed by atoms with van der Waals surface area (Å²) in [7, 11) is 9.87. The van der Waals surface area contributed by atoms with E-state index in [-0.39, 0.29) is 38.5 Å². The van der Waals surface area contributed by atoms with Crippen LogP contribution in [-0.4, -0.2) is 0 Å². The van der Waals surface area contributed by atoms with Crippen LogP contribution in [0.2, 0.25) is 0 Å². The normalized spacial score (nSPS) is 25.1. The number of allylic oxidation sites excluding steroid dienone is 8. The topological polar surface area (TPSA) is 0 Å². The van der Waals surface area contributed by atoms with Crippen molar-refractivity contribution in [2.24, 2.45) is 23.7 Å². The van der Waals surface area contributed by atoms with E-state index in [2.05, 4.69) is 0 Å². The van der Waals surface area contributed by atoms with Gasteiger partial charge in [-0.25, -0.2) is 43.9 Å². The van der Waals surface area contributed by atoms with Crippen LogP contribution in [0.3, 0.4) is 0 Å². The van der Waals surface area contributed by atoms with E-state index in [1.165, 1.54) is 0 Å². The van der Waals surface area contributed by atoms with Crippen LogP contribution in [-0.2, 0) is 20.8 Å². The van der Waals surface area contributed by atoms with Crippen molar-refractivity contribution >= 4 is 17.0 Å². The van der Waals surface area contributed by atoms with Gasteiger partial charge < -0.3 is 14.9 Å². The second-order valence-electron chi connectivity index (χ2n) is 10.4. The van der Waals surface area contributed by atoms with Gasteiger partial charge in [0.2, 0.25) is 11.6 Å². The van der Waals surface area contributed by atoms with Gasteiger partial charge in [-0.3, -0.25) is 0 Å². The number of hydrogen-bond acceptors (Lipinski definition) is 0. The number of halogens is 12. The molecule has 4 aliphatic carbocycles. The average Bonchev–Trinajstić information content (AvgIpc) is 3.63. The molecule has 6 atom stereocenters. The standard InChI is InChI=1S/2C15H11F5.2CH3.2ClH.Zr/c2*16-11-10(12(17)14(19)15(20)13(11)18)9-6-5-7-3-1-2-4-8(7)9;;;;;/h2*1-4,7-9H,5-6H2;2*1H3;2*1H;/q;;2*-1;;;+4/p-2. The maximum atomic E-state index is 13.9. The van der Waals surface area contributed by atoms with E-state index in [4.69, 9.17) is 17.0 Å². The van der Waals surface area contributed by atoms with Crippen LogP contribution >= 0.6 is 17.0 Å². The zero-order chi connectivity index (χ0) is 31.6. The molecule has 0 spiro atoms. The first-order valence-electron chi connectivity index (χ1n) is 13.1. The second-order valence-corrected chi connectivity index (χ2v) is 14.2. The second kappa shape index (κ2) is 16.8. The van der Waals surface area contributed by atoms with Gasteiger partial charge in [0.1, 0.15) is 0 Å². The average molecular weight is 765 g/mol. The zero-order valence-electron chi connectivity index (χ0n) is 23.9. The van der Waals surface area contributed by atoms with E-state index in [9.17, 15) is 43.9 Å². The first kappa shape index (κ1) is 39.3. The van der Waals surface area contributed by atoms with Gasteiger partial charge in [0.25, 0.3) is 0 Å². The van der Waals surface area contributed by atoms with Gasteiger partial charge >= 0.3 is 37.9 Å². The van der Waals surface area contributed by atoms with Gasteiger partial charge in [-0.05, 0) is 61.2 Å². The number of hydrogen-bond donors (Lipinski definition) is 0. The number of fused-ring (bicyclic) bond motifs is 2. The van der Waals surface area contributed by atoms with E-state index in [0.29, 0.717) is 25.7 Å². The summed E-state index contributed by atoms with van der Waals surface area (Å²) in [6.07, 6.45) is 16.7. The molecule has 2 aromatic rings. The summed E-state index contributed by atoms with van der Waals surface area (Å²) >= 11 is -0.826. The van der Waals surface area contributed by atoms with E-state index < -0.39 is 102 Å². The Labute approximate surface area is 274 Å². The van der Waals surface area contributed by atoms with E-state index in [1.807, 2.05) is 24.3 Å². The third-order valence-electron chi connectivity index (χ3n) is 8.37. The monoisotopic (exact) mass is 762 g/mol. The van der Waals surface area contributed by atoms with Crippen LogP contribution in [0.15, 0.2) is 48.6 Å². The molecule has 0 bridgehead atoms. The van der Waals surface area contributed by atoms with Gasteiger partial charge in [-0.2, -0.15) is 0 Å². The molecule has 0 saturated heterocycles. The van der Waals surface area contributed by atoms with Crippen LogP contribution in [0.1, 0.15) is 48.6 Å². The summed E-state index contributed by atoms with van der Waals surface area (Å²) in [5.74, 6) is -20.0. The Hall–Kier alpha value is -1.84. The first-order valence-corrected chi connectivity index (χ1v) is 19.5.